The molecule has 0 atom stereocenters. The number of carbonyl (C=O) groups is 1. The van der Waals surface area contributed by atoms with Gasteiger partial charge in [0.25, 0.3) is 0 Å². The zero-order chi connectivity index (χ0) is 11.6. The van der Waals surface area contributed by atoms with Crippen LogP contribution < -0.4 is 0 Å². The molecule has 0 fully saturated rings. The van der Waals surface area contributed by atoms with Crippen LogP contribution in [0.25, 0.3) is 0 Å². The van der Waals surface area contributed by atoms with Crippen LogP contribution in [-0.2, 0) is 4.79 Å². The highest BCUT2D eigenvalue weighted by Gasteiger charge is 2.04. The van der Waals surface area contributed by atoms with E-state index < -0.39 is 0 Å². The zero-order valence-corrected chi connectivity index (χ0v) is 10.5. The van der Waals surface area contributed by atoms with Gasteiger partial charge >= 0.3 is 0 Å². The van der Waals surface area contributed by atoms with Crippen LogP contribution in [0.3, 0.4) is 0 Å². The molecule has 1 nitrogen and oxygen atoms in total. The van der Waals surface area contributed by atoms with Gasteiger partial charge in [-0.15, -0.1) is 0 Å². The lowest BCUT2D eigenvalue weighted by atomic mass is 9.43. The monoisotopic (exact) mass is 196 g/mol. The fourth-order valence-electron chi connectivity index (χ4n) is 1.11. The summed E-state index contributed by atoms with van der Waals surface area (Å²) in [4.78, 5) is 10.0. The summed E-state index contributed by atoms with van der Waals surface area (Å²) >= 11 is 0. The molecule has 0 spiro atoms. The van der Waals surface area contributed by atoms with Crippen molar-refractivity contribution in [3.05, 3.63) is 12.2 Å². The summed E-state index contributed by atoms with van der Waals surface area (Å²) in [5.41, 5.74) is 0.620. The predicted molar refractivity (Wildman–Crippen MR) is 67.3 cm³/mol. The molecule has 2 heteroatoms. The normalized spacial score (nSPS) is 8.64. The minimum atomic E-state index is 0.0648. The maximum absolute atomic E-state index is 10.0. The quantitative estimate of drug-likeness (QED) is 0.478. The first kappa shape index (κ1) is 15.9. The zero-order valence-electron chi connectivity index (χ0n) is 10.5. The Morgan fingerprint density at radius 3 is 1.57 bits per heavy atom. The summed E-state index contributed by atoms with van der Waals surface area (Å²) < 4.78 is 0. The van der Waals surface area contributed by atoms with Gasteiger partial charge in [0.2, 0.25) is 0 Å². The van der Waals surface area contributed by atoms with Gasteiger partial charge in [-0.1, -0.05) is 52.7 Å². The van der Waals surface area contributed by atoms with Crippen molar-refractivity contribution in [2.24, 2.45) is 0 Å². The van der Waals surface area contributed by atoms with Gasteiger partial charge in [-0.25, -0.2) is 0 Å². The minimum absolute atomic E-state index is 0.0648. The molecule has 0 rings (SSSR count). The van der Waals surface area contributed by atoms with E-state index in [1.54, 1.807) is 6.92 Å². The largest absolute Gasteiger partial charge is 0.295 e. The van der Waals surface area contributed by atoms with Gasteiger partial charge in [0.15, 0.2) is 5.78 Å². The molecule has 14 heavy (non-hydrogen) atoms. The average Bonchev–Trinajstić information content (AvgIpc) is 2.15. The number of Topliss-reactive ketones (excluding diaryl/α,β-unsaturated/α-hetero) is 1. The summed E-state index contributed by atoms with van der Waals surface area (Å²) in [7, 11) is 0. The second-order valence-corrected chi connectivity index (χ2v) is 3.81. The molecule has 0 aromatic heterocycles. The molecule has 0 radical (unpaired) electrons. The summed E-state index contributed by atoms with van der Waals surface area (Å²) in [5, 5.41) is 0. The van der Waals surface area contributed by atoms with Crippen LogP contribution in [0.1, 0.15) is 41.0 Å². The van der Waals surface area contributed by atoms with E-state index in [9.17, 15) is 4.79 Å². The lowest BCUT2D eigenvalue weighted by molar-refractivity contribution is -0.113. The van der Waals surface area contributed by atoms with E-state index >= 15 is 0 Å². The van der Waals surface area contributed by atoms with E-state index in [1.165, 1.54) is 32.3 Å². The van der Waals surface area contributed by atoms with Gasteiger partial charge in [0, 0.05) is 0 Å². The molecule has 0 saturated carbocycles. The first-order valence-corrected chi connectivity index (χ1v) is 5.65. The Morgan fingerprint density at radius 2 is 1.50 bits per heavy atom. The molecule has 0 aromatic rings. The molecule has 0 unspecified atom stereocenters. The van der Waals surface area contributed by atoms with E-state index in [1.807, 2.05) is 0 Å². The van der Waals surface area contributed by atoms with E-state index in [2.05, 4.69) is 27.4 Å². The van der Waals surface area contributed by atoms with Crippen molar-refractivity contribution in [2.75, 3.05) is 0 Å². The van der Waals surface area contributed by atoms with Crippen molar-refractivity contribution in [1.29, 1.82) is 0 Å². The molecule has 0 aliphatic carbocycles. The molecule has 0 N–H and O–H groups in total. The van der Waals surface area contributed by atoms with Gasteiger partial charge in [-0.05, 0) is 19.4 Å². The van der Waals surface area contributed by atoms with Crippen LogP contribution >= 0.6 is 0 Å². The molecule has 0 aliphatic rings. The van der Waals surface area contributed by atoms with Crippen molar-refractivity contribution >= 4 is 12.5 Å². The standard InChI is InChI=1S/C7H17B.C5H8O/c1-4-7-8(5-2)6-3;1-4(2)5(3)6/h4-7H2,1-3H3;1H2,2-3H3. The number of rotatable bonds is 5. The second kappa shape index (κ2) is 10.6. The molecule has 82 valence electrons. The Bertz CT molecular complexity index is 148. The summed E-state index contributed by atoms with van der Waals surface area (Å²) in [6.07, 6.45) is 5.51. The second-order valence-electron chi connectivity index (χ2n) is 3.81. The lowest BCUT2D eigenvalue weighted by Crippen LogP contribution is -2.06. The Morgan fingerprint density at radius 1 is 1.14 bits per heavy atom. The minimum Gasteiger partial charge on any atom is -0.295 e. The third kappa shape index (κ3) is 11.5. The summed E-state index contributed by atoms with van der Waals surface area (Å²) in [5.74, 6) is 0.0648. The van der Waals surface area contributed by atoms with E-state index in [-0.39, 0.29) is 5.78 Å². The molecule has 0 amide bonds. The number of ketones is 1. The summed E-state index contributed by atoms with van der Waals surface area (Å²) in [6.45, 7) is 14.4. The highest BCUT2D eigenvalue weighted by molar-refractivity contribution is 6.58. The third-order valence-electron chi connectivity index (χ3n) is 2.45. The van der Waals surface area contributed by atoms with Gasteiger partial charge in [-0.2, -0.15) is 0 Å². The maximum atomic E-state index is 10.0. The van der Waals surface area contributed by atoms with Crippen molar-refractivity contribution in [3.63, 3.8) is 0 Å². The van der Waals surface area contributed by atoms with E-state index in [0.717, 1.165) is 6.71 Å². The molecule has 0 heterocycles. The van der Waals surface area contributed by atoms with Gasteiger partial charge in [0.1, 0.15) is 6.71 Å². The first-order chi connectivity index (χ1) is 6.49. The van der Waals surface area contributed by atoms with Gasteiger partial charge in [-0.3, -0.25) is 4.79 Å². The van der Waals surface area contributed by atoms with E-state index in [4.69, 9.17) is 0 Å². The highest BCUT2D eigenvalue weighted by Crippen LogP contribution is 2.05. The van der Waals surface area contributed by atoms with Crippen LogP contribution in [-0.4, -0.2) is 12.5 Å². The fourth-order valence-corrected chi connectivity index (χ4v) is 1.11. The smallest absolute Gasteiger partial charge is 0.154 e. The number of hydrogen-bond acceptors (Lipinski definition) is 1. The first-order valence-electron chi connectivity index (χ1n) is 5.65. The molecule has 0 bridgehead atoms. The number of allylic oxidation sites excluding steroid dienone is 1. The highest BCUT2D eigenvalue weighted by atomic mass is 16.1. The van der Waals surface area contributed by atoms with Crippen LogP contribution in [0.15, 0.2) is 12.2 Å². The van der Waals surface area contributed by atoms with Gasteiger partial charge in [0.05, 0.1) is 0 Å². The molecule has 0 saturated heterocycles. The van der Waals surface area contributed by atoms with E-state index in [0.29, 0.717) is 5.57 Å². The molecular weight excluding hydrogens is 171 g/mol. The van der Waals surface area contributed by atoms with Crippen molar-refractivity contribution in [3.8, 4) is 0 Å². The van der Waals surface area contributed by atoms with Crippen molar-refractivity contribution < 1.29 is 4.79 Å². The lowest BCUT2D eigenvalue weighted by Gasteiger charge is -2.03. The molecule has 0 aromatic carbocycles. The molecule has 0 aliphatic heterocycles. The van der Waals surface area contributed by atoms with Crippen molar-refractivity contribution in [1.82, 2.24) is 0 Å². The number of hydrogen-bond donors (Lipinski definition) is 0. The van der Waals surface area contributed by atoms with Crippen LogP contribution in [0.2, 0.25) is 19.0 Å². The van der Waals surface area contributed by atoms with Crippen LogP contribution in [0.5, 0.6) is 0 Å². The van der Waals surface area contributed by atoms with Crippen molar-refractivity contribution in [2.45, 2.75) is 60.0 Å². The fraction of sp³-hybridized carbons (Fsp3) is 0.750. The van der Waals surface area contributed by atoms with Crippen LogP contribution in [0.4, 0.5) is 0 Å². The summed E-state index contributed by atoms with van der Waals surface area (Å²) in [6, 6.07) is 0. The Hall–Kier alpha value is -0.525. The molecular formula is C12H25BO. The topological polar surface area (TPSA) is 17.1 Å². The maximum Gasteiger partial charge on any atom is 0.154 e. The predicted octanol–water partition coefficient (Wildman–Crippen LogP) is 4.08. The van der Waals surface area contributed by atoms with Gasteiger partial charge < -0.3 is 0 Å². The Labute approximate surface area is 90.1 Å². The number of carbonyl (C=O) groups excluding carboxylic acids is 1. The SMILES string of the molecule is C=C(C)C(C)=O.CCCB(CC)CC. The Kier molecular flexibility index (Phi) is 12.0. The average molecular weight is 196 g/mol. The Balaban J connectivity index is 0. The third-order valence-corrected chi connectivity index (χ3v) is 2.45. The van der Waals surface area contributed by atoms with Crippen LogP contribution in [0, 0.1) is 0 Å².